The Kier molecular flexibility index (Phi) is 3.43. The van der Waals surface area contributed by atoms with Crippen LogP contribution in [-0.4, -0.2) is 26.0 Å². The van der Waals surface area contributed by atoms with E-state index in [1.165, 1.54) is 0 Å². The van der Waals surface area contributed by atoms with Gasteiger partial charge in [-0.05, 0) is 18.9 Å². The number of rotatable bonds is 2. The molecule has 1 heterocycles. The zero-order valence-electron chi connectivity index (χ0n) is 9.62. The van der Waals surface area contributed by atoms with Crippen LogP contribution < -0.4 is 11.1 Å². The Morgan fingerprint density at radius 3 is 2.72 bits per heavy atom. The van der Waals surface area contributed by atoms with Crippen molar-refractivity contribution in [1.82, 2.24) is 0 Å². The van der Waals surface area contributed by atoms with Crippen LogP contribution in [0.2, 0.25) is 0 Å². The normalized spacial score (nSPS) is 22.7. The third-order valence-corrected chi connectivity index (χ3v) is 4.74. The summed E-state index contributed by atoms with van der Waals surface area (Å²) >= 11 is 0. The first-order chi connectivity index (χ1) is 8.37. The van der Waals surface area contributed by atoms with Crippen LogP contribution in [0.15, 0.2) is 12.1 Å². The predicted molar refractivity (Wildman–Crippen MR) is 66.1 cm³/mol. The highest BCUT2D eigenvalue weighted by Crippen LogP contribution is 2.26. The van der Waals surface area contributed by atoms with Crippen LogP contribution in [0, 0.1) is 11.6 Å². The molecule has 1 aliphatic heterocycles. The first kappa shape index (κ1) is 13.1. The van der Waals surface area contributed by atoms with E-state index in [2.05, 4.69) is 5.32 Å². The minimum atomic E-state index is -3.08. The van der Waals surface area contributed by atoms with Crippen LogP contribution in [0.4, 0.5) is 20.2 Å². The molecule has 2 rings (SSSR count). The average molecular weight is 276 g/mol. The summed E-state index contributed by atoms with van der Waals surface area (Å²) in [6.07, 6.45) is 1.18. The molecule has 0 spiro atoms. The van der Waals surface area contributed by atoms with E-state index < -0.39 is 21.5 Å². The van der Waals surface area contributed by atoms with Crippen LogP contribution in [0.5, 0.6) is 0 Å². The van der Waals surface area contributed by atoms with Crippen molar-refractivity contribution in [3.05, 3.63) is 23.8 Å². The Hall–Kier alpha value is -1.37. The number of nitrogens with one attached hydrogen (secondary N) is 1. The van der Waals surface area contributed by atoms with Crippen molar-refractivity contribution >= 4 is 21.2 Å². The summed E-state index contributed by atoms with van der Waals surface area (Å²) in [5.41, 5.74) is 5.39. The lowest BCUT2D eigenvalue weighted by atomic mass is 10.1. The number of halogens is 2. The van der Waals surface area contributed by atoms with E-state index in [9.17, 15) is 17.2 Å². The minimum Gasteiger partial charge on any atom is -0.395 e. The molecule has 0 aromatic heterocycles. The first-order valence-electron chi connectivity index (χ1n) is 5.59. The van der Waals surface area contributed by atoms with Crippen molar-refractivity contribution < 1.29 is 17.2 Å². The molecular formula is C11H14F2N2O2S. The second-order valence-electron chi connectivity index (χ2n) is 4.45. The lowest BCUT2D eigenvalue weighted by molar-refractivity contribution is 0.561. The maximum atomic E-state index is 13.2. The zero-order valence-corrected chi connectivity index (χ0v) is 10.4. The van der Waals surface area contributed by atoms with Crippen LogP contribution in [0.25, 0.3) is 0 Å². The second kappa shape index (κ2) is 4.72. The largest absolute Gasteiger partial charge is 0.395 e. The molecule has 4 nitrogen and oxygen atoms in total. The van der Waals surface area contributed by atoms with Crippen LogP contribution in [-0.2, 0) is 9.84 Å². The topological polar surface area (TPSA) is 72.2 Å². The lowest BCUT2D eigenvalue weighted by Crippen LogP contribution is -2.35. The molecule has 1 aromatic carbocycles. The van der Waals surface area contributed by atoms with E-state index in [4.69, 9.17) is 5.73 Å². The number of nitrogens with two attached hydrogens (primary N) is 1. The Morgan fingerprint density at radius 1 is 1.33 bits per heavy atom. The number of benzene rings is 1. The molecule has 0 amide bonds. The van der Waals surface area contributed by atoms with Crippen LogP contribution in [0.1, 0.15) is 12.8 Å². The van der Waals surface area contributed by atoms with Gasteiger partial charge in [-0.25, -0.2) is 17.2 Å². The molecule has 0 saturated carbocycles. The lowest BCUT2D eigenvalue weighted by Gasteiger charge is -2.24. The van der Waals surface area contributed by atoms with Crippen molar-refractivity contribution in [2.45, 2.75) is 18.9 Å². The molecule has 1 aromatic rings. The average Bonchev–Trinajstić information content (AvgIpc) is 2.24. The fourth-order valence-electron chi connectivity index (χ4n) is 2.06. The Bertz CT molecular complexity index is 560. The summed E-state index contributed by atoms with van der Waals surface area (Å²) in [4.78, 5) is 0. The highest BCUT2D eigenvalue weighted by atomic mass is 32.2. The van der Waals surface area contributed by atoms with E-state index in [1.54, 1.807) is 0 Å². The van der Waals surface area contributed by atoms with Gasteiger partial charge in [0.2, 0.25) is 0 Å². The standard InChI is InChI=1S/C11H14F2N2O2S/c12-7-4-9(13)11(14)10(5-7)15-8-2-1-3-18(16,17)6-8/h4-5,8,15H,1-3,6,14H2. The fourth-order valence-corrected chi connectivity index (χ4v) is 3.70. The van der Waals surface area contributed by atoms with Crippen molar-refractivity contribution in [1.29, 1.82) is 0 Å². The second-order valence-corrected chi connectivity index (χ2v) is 6.68. The molecule has 1 saturated heterocycles. The van der Waals surface area contributed by atoms with E-state index in [-0.39, 0.29) is 28.9 Å². The summed E-state index contributed by atoms with van der Waals surface area (Å²) in [5, 5.41) is 2.80. The molecule has 1 unspecified atom stereocenters. The van der Waals surface area contributed by atoms with Gasteiger partial charge in [-0.3, -0.25) is 0 Å². The number of hydrogen-bond donors (Lipinski definition) is 2. The van der Waals surface area contributed by atoms with Crippen LogP contribution >= 0.6 is 0 Å². The number of nitrogen functional groups attached to an aromatic ring is 1. The molecule has 7 heteroatoms. The summed E-state index contributed by atoms with van der Waals surface area (Å²) in [6, 6.07) is 1.41. The summed E-state index contributed by atoms with van der Waals surface area (Å²) < 4.78 is 49.2. The third kappa shape index (κ3) is 2.90. The SMILES string of the molecule is Nc1c(F)cc(F)cc1NC1CCCS(=O)(=O)C1. The third-order valence-electron chi connectivity index (χ3n) is 2.92. The quantitative estimate of drug-likeness (QED) is 0.804. The molecule has 0 bridgehead atoms. The van der Waals surface area contributed by atoms with Gasteiger partial charge in [-0.2, -0.15) is 0 Å². The van der Waals surface area contributed by atoms with Gasteiger partial charge in [0.25, 0.3) is 0 Å². The summed E-state index contributed by atoms with van der Waals surface area (Å²) in [7, 11) is -3.08. The Morgan fingerprint density at radius 2 is 2.06 bits per heavy atom. The molecule has 1 atom stereocenters. The zero-order chi connectivity index (χ0) is 13.3. The monoisotopic (exact) mass is 276 g/mol. The van der Waals surface area contributed by atoms with E-state index in [1.807, 2.05) is 0 Å². The highest BCUT2D eigenvalue weighted by Gasteiger charge is 2.25. The fraction of sp³-hybridized carbons (Fsp3) is 0.455. The Balaban J connectivity index is 2.19. The van der Waals surface area contributed by atoms with Gasteiger partial charge >= 0.3 is 0 Å². The van der Waals surface area contributed by atoms with E-state index >= 15 is 0 Å². The van der Waals surface area contributed by atoms with E-state index in [0.717, 1.165) is 6.07 Å². The van der Waals surface area contributed by atoms with Gasteiger partial charge in [-0.15, -0.1) is 0 Å². The molecule has 1 fully saturated rings. The number of hydrogen-bond acceptors (Lipinski definition) is 4. The molecule has 0 aliphatic carbocycles. The molecule has 0 radical (unpaired) electrons. The van der Waals surface area contributed by atoms with Crippen LogP contribution in [0.3, 0.4) is 0 Å². The predicted octanol–water partition coefficient (Wildman–Crippen LogP) is 1.54. The van der Waals surface area contributed by atoms with Gasteiger partial charge in [0.1, 0.15) is 5.82 Å². The highest BCUT2D eigenvalue weighted by molar-refractivity contribution is 7.91. The van der Waals surface area contributed by atoms with Crippen molar-refractivity contribution in [3.8, 4) is 0 Å². The van der Waals surface area contributed by atoms with Crippen molar-refractivity contribution in [3.63, 3.8) is 0 Å². The van der Waals surface area contributed by atoms with E-state index in [0.29, 0.717) is 18.9 Å². The van der Waals surface area contributed by atoms with Gasteiger partial charge in [-0.1, -0.05) is 0 Å². The maximum Gasteiger partial charge on any atom is 0.152 e. The minimum absolute atomic E-state index is 0.0371. The van der Waals surface area contributed by atoms with Gasteiger partial charge in [0.15, 0.2) is 15.7 Å². The summed E-state index contributed by atoms with van der Waals surface area (Å²) in [5.74, 6) is -1.47. The Labute approximate surface area is 104 Å². The van der Waals surface area contributed by atoms with Crippen molar-refractivity contribution in [2.75, 3.05) is 22.6 Å². The smallest absolute Gasteiger partial charge is 0.152 e. The van der Waals surface area contributed by atoms with Gasteiger partial charge < -0.3 is 11.1 Å². The van der Waals surface area contributed by atoms with Gasteiger partial charge in [0, 0.05) is 12.1 Å². The number of sulfone groups is 1. The van der Waals surface area contributed by atoms with Crippen molar-refractivity contribution in [2.24, 2.45) is 0 Å². The first-order valence-corrected chi connectivity index (χ1v) is 7.41. The molecular weight excluding hydrogens is 262 g/mol. The summed E-state index contributed by atoms with van der Waals surface area (Å²) in [6.45, 7) is 0. The maximum absolute atomic E-state index is 13.2. The molecule has 100 valence electrons. The molecule has 3 N–H and O–H groups in total. The number of anilines is 2. The molecule has 18 heavy (non-hydrogen) atoms. The van der Waals surface area contributed by atoms with Gasteiger partial charge in [0.05, 0.1) is 22.9 Å². The molecule has 1 aliphatic rings.